The molecule has 0 spiro atoms. The van der Waals surface area contributed by atoms with Crippen LogP contribution in [0.3, 0.4) is 0 Å². The molecule has 0 radical (unpaired) electrons. The van der Waals surface area contributed by atoms with E-state index in [4.69, 9.17) is 5.26 Å². The fraction of sp³-hybridized carbons (Fsp3) is 0.200. The van der Waals surface area contributed by atoms with Gasteiger partial charge in [0.15, 0.2) is 0 Å². The van der Waals surface area contributed by atoms with E-state index in [1.165, 1.54) is 0 Å². The van der Waals surface area contributed by atoms with Crippen LogP contribution in [0.4, 0.5) is 0 Å². The molecule has 3 heteroatoms. The monoisotopic (exact) mass is 191 g/mol. The largest absolute Gasteiger partial charge is 0.303 e. The molecule has 0 bridgehead atoms. The maximum absolute atomic E-state index is 10.1. The van der Waals surface area contributed by atoms with Crippen molar-refractivity contribution in [3.8, 4) is 6.07 Å². The van der Waals surface area contributed by atoms with Gasteiger partial charge in [0.25, 0.3) is 0 Å². The SMILES string of the molecule is N#Cc1cc(S)ccc1CCC=O. The zero-order chi connectivity index (χ0) is 9.68. The second-order valence-corrected chi connectivity index (χ2v) is 3.17. The molecule has 0 fully saturated rings. The van der Waals surface area contributed by atoms with Gasteiger partial charge in [-0.1, -0.05) is 6.07 Å². The molecule has 0 saturated carbocycles. The Labute approximate surface area is 82.6 Å². The third-order valence-corrected chi connectivity index (χ3v) is 2.02. The first kappa shape index (κ1) is 9.82. The van der Waals surface area contributed by atoms with Crippen molar-refractivity contribution in [2.45, 2.75) is 17.7 Å². The second-order valence-electron chi connectivity index (χ2n) is 2.66. The van der Waals surface area contributed by atoms with E-state index in [0.29, 0.717) is 18.4 Å². The number of aryl methyl sites for hydroxylation is 1. The van der Waals surface area contributed by atoms with Crippen LogP contribution in [0.15, 0.2) is 23.1 Å². The van der Waals surface area contributed by atoms with Gasteiger partial charge in [-0.15, -0.1) is 12.6 Å². The maximum Gasteiger partial charge on any atom is 0.120 e. The molecule has 13 heavy (non-hydrogen) atoms. The van der Waals surface area contributed by atoms with Gasteiger partial charge in [0.1, 0.15) is 6.29 Å². The summed E-state index contributed by atoms with van der Waals surface area (Å²) in [7, 11) is 0. The van der Waals surface area contributed by atoms with Crippen molar-refractivity contribution in [1.29, 1.82) is 5.26 Å². The first-order chi connectivity index (χ1) is 6.27. The minimum Gasteiger partial charge on any atom is -0.303 e. The van der Waals surface area contributed by atoms with Crippen LogP contribution in [-0.2, 0) is 11.2 Å². The van der Waals surface area contributed by atoms with Gasteiger partial charge >= 0.3 is 0 Å². The number of carbonyl (C=O) groups is 1. The van der Waals surface area contributed by atoms with Gasteiger partial charge < -0.3 is 4.79 Å². The highest BCUT2D eigenvalue weighted by Crippen LogP contribution is 2.15. The van der Waals surface area contributed by atoms with Crippen LogP contribution < -0.4 is 0 Å². The Balaban J connectivity index is 2.94. The third-order valence-electron chi connectivity index (χ3n) is 1.75. The second kappa shape index (κ2) is 4.68. The van der Waals surface area contributed by atoms with Crippen LogP contribution in [0, 0.1) is 11.3 Å². The van der Waals surface area contributed by atoms with E-state index in [2.05, 4.69) is 18.7 Å². The summed E-state index contributed by atoms with van der Waals surface area (Å²) in [5.74, 6) is 0. The molecule has 0 unspecified atom stereocenters. The molecule has 0 aliphatic heterocycles. The molecular weight excluding hydrogens is 182 g/mol. The summed E-state index contributed by atoms with van der Waals surface area (Å²) < 4.78 is 0. The van der Waals surface area contributed by atoms with Crippen molar-refractivity contribution in [3.05, 3.63) is 29.3 Å². The zero-order valence-corrected chi connectivity index (χ0v) is 7.92. The molecule has 0 heterocycles. The number of hydrogen-bond acceptors (Lipinski definition) is 3. The molecule has 0 aliphatic rings. The van der Waals surface area contributed by atoms with Crippen LogP contribution >= 0.6 is 12.6 Å². The molecule has 0 N–H and O–H groups in total. The number of benzene rings is 1. The maximum atomic E-state index is 10.1. The lowest BCUT2D eigenvalue weighted by Crippen LogP contribution is -1.91. The van der Waals surface area contributed by atoms with Crippen molar-refractivity contribution >= 4 is 18.9 Å². The van der Waals surface area contributed by atoms with Gasteiger partial charge in [-0.25, -0.2) is 0 Å². The molecule has 1 aromatic rings. The van der Waals surface area contributed by atoms with E-state index in [1.54, 1.807) is 6.07 Å². The fourth-order valence-corrected chi connectivity index (χ4v) is 1.30. The molecule has 0 saturated heterocycles. The van der Waals surface area contributed by atoms with Crippen molar-refractivity contribution in [3.63, 3.8) is 0 Å². The van der Waals surface area contributed by atoms with Crippen LogP contribution in [0.2, 0.25) is 0 Å². The molecule has 0 aromatic heterocycles. The molecule has 66 valence electrons. The lowest BCUT2D eigenvalue weighted by Gasteiger charge is -2.01. The fourth-order valence-electron chi connectivity index (χ4n) is 1.10. The predicted molar refractivity (Wildman–Crippen MR) is 52.8 cm³/mol. The summed E-state index contributed by atoms with van der Waals surface area (Å²) >= 11 is 4.13. The number of hydrogen-bond donors (Lipinski definition) is 1. The van der Waals surface area contributed by atoms with E-state index in [-0.39, 0.29) is 0 Å². The van der Waals surface area contributed by atoms with Crippen molar-refractivity contribution in [2.75, 3.05) is 0 Å². The van der Waals surface area contributed by atoms with Gasteiger partial charge in [0, 0.05) is 11.3 Å². The molecule has 2 nitrogen and oxygen atoms in total. The standard InChI is InChI=1S/C10H9NOS/c11-7-9-6-10(13)4-3-8(9)2-1-5-12/h3-6,13H,1-2H2. The highest BCUT2D eigenvalue weighted by atomic mass is 32.1. The van der Waals surface area contributed by atoms with Crippen molar-refractivity contribution in [2.24, 2.45) is 0 Å². The molecule has 1 aromatic carbocycles. The molecule has 0 aliphatic carbocycles. The van der Waals surface area contributed by atoms with Gasteiger partial charge in [-0.2, -0.15) is 5.26 Å². The van der Waals surface area contributed by atoms with Crippen LogP contribution in [-0.4, -0.2) is 6.29 Å². The predicted octanol–water partition coefficient (Wildman–Crippen LogP) is 1.98. The van der Waals surface area contributed by atoms with E-state index in [1.807, 2.05) is 12.1 Å². The first-order valence-corrected chi connectivity index (χ1v) is 4.38. The lowest BCUT2D eigenvalue weighted by molar-refractivity contribution is -0.107. The van der Waals surface area contributed by atoms with E-state index in [0.717, 1.165) is 16.7 Å². The van der Waals surface area contributed by atoms with E-state index in [9.17, 15) is 4.79 Å². The van der Waals surface area contributed by atoms with Gasteiger partial charge in [-0.05, 0) is 24.1 Å². The minimum atomic E-state index is 0.459. The van der Waals surface area contributed by atoms with Gasteiger partial charge in [0.05, 0.1) is 11.6 Å². The third kappa shape index (κ3) is 2.60. The summed E-state index contributed by atoms with van der Waals surface area (Å²) in [5, 5.41) is 8.77. The summed E-state index contributed by atoms with van der Waals surface area (Å²) in [6.45, 7) is 0. The molecule has 0 atom stereocenters. The van der Waals surface area contributed by atoms with Crippen LogP contribution in [0.5, 0.6) is 0 Å². The van der Waals surface area contributed by atoms with Gasteiger partial charge in [0.2, 0.25) is 0 Å². The Hall–Kier alpha value is -1.27. The number of aldehydes is 1. The average Bonchev–Trinajstić information content (AvgIpc) is 2.16. The van der Waals surface area contributed by atoms with Crippen molar-refractivity contribution in [1.82, 2.24) is 0 Å². The number of carbonyl (C=O) groups excluding carboxylic acids is 1. The molecular formula is C10H9NOS. The normalized spacial score (nSPS) is 9.23. The summed E-state index contributed by atoms with van der Waals surface area (Å²) in [6.07, 6.45) is 1.94. The smallest absolute Gasteiger partial charge is 0.120 e. The summed E-state index contributed by atoms with van der Waals surface area (Å²) in [5.41, 5.74) is 1.52. The van der Waals surface area contributed by atoms with Crippen LogP contribution in [0.1, 0.15) is 17.5 Å². The first-order valence-electron chi connectivity index (χ1n) is 3.93. The highest BCUT2D eigenvalue weighted by Gasteiger charge is 2.01. The average molecular weight is 191 g/mol. The summed E-state index contributed by atoms with van der Waals surface area (Å²) in [4.78, 5) is 10.9. The Morgan fingerprint density at radius 3 is 2.92 bits per heavy atom. The number of nitriles is 1. The number of thiol groups is 1. The topological polar surface area (TPSA) is 40.9 Å². The molecule has 0 amide bonds. The lowest BCUT2D eigenvalue weighted by atomic mass is 10.0. The highest BCUT2D eigenvalue weighted by molar-refractivity contribution is 7.80. The zero-order valence-electron chi connectivity index (χ0n) is 7.03. The van der Waals surface area contributed by atoms with Crippen LogP contribution in [0.25, 0.3) is 0 Å². The number of rotatable bonds is 3. The number of nitrogens with zero attached hydrogens (tertiary/aromatic N) is 1. The van der Waals surface area contributed by atoms with E-state index >= 15 is 0 Å². The Kier molecular flexibility index (Phi) is 3.53. The molecule has 1 rings (SSSR count). The van der Waals surface area contributed by atoms with Crippen molar-refractivity contribution < 1.29 is 4.79 Å². The van der Waals surface area contributed by atoms with E-state index < -0.39 is 0 Å². The quantitative estimate of drug-likeness (QED) is 0.586. The Morgan fingerprint density at radius 1 is 1.54 bits per heavy atom. The Morgan fingerprint density at radius 2 is 2.31 bits per heavy atom. The Bertz CT molecular complexity index is 354. The minimum absolute atomic E-state index is 0.459. The van der Waals surface area contributed by atoms with Gasteiger partial charge in [-0.3, -0.25) is 0 Å². The summed E-state index contributed by atoms with van der Waals surface area (Å²) in [6, 6.07) is 7.45.